The quantitative estimate of drug-likeness (QED) is 0.849. The van der Waals surface area contributed by atoms with Crippen LogP contribution in [-0.2, 0) is 4.74 Å². The van der Waals surface area contributed by atoms with E-state index in [-0.39, 0.29) is 12.1 Å². The summed E-state index contributed by atoms with van der Waals surface area (Å²) in [5.41, 5.74) is 1.13. The van der Waals surface area contributed by atoms with Crippen LogP contribution in [0.15, 0.2) is 18.7 Å². The largest absolute Gasteiger partial charge is 0.373 e. The van der Waals surface area contributed by atoms with Gasteiger partial charge in [-0.15, -0.1) is 0 Å². The van der Waals surface area contributed by atoms with Gasteiger partial charge in [0.05, 0.1) is 18.2 Å². The molecule has 4 nitrogen and oxygen atoms in total. The second-order valence-corrected chi connectivity index (χ2v) is 4.67. The van der Waals surface area contributed by atoms with Crippen molar-refractivity contribution in [3.63, 3.8) is 0 Å². The Morgan fingerprint density at radius 2 is 2.18 bits per heavy atom. The van der Waals surface area contributed by atoms with Crippen LogP contribution in [0.25, 0.3) is 0 Å². The van der Waals surface area contributed by atoms with Crippen LogP contribution >= 0.6 is 0 Å². The van der Waals surface area contributed by atoms with Crippen LogP contribution in [0.4, 0.5) is 0 Å². The van der Waals surface area contributed by atoms with Gasteiger partial charge in [-0.3, -0.25) is 0 Å². The standard InChI is InChI=1S/C13H21N3O/c1-3-6-16-13(11-7-14-9-15-8-11)12-5-4-10(2)17-12/h7-10,12-13,16H,3-6H2,1-2H3. The van der Waals surface area contributed by atoms with Crippen molar-refractivity contribution >= 4 is 0 Å². The number of rotatable bonds is 5. The molecule has 1 N–H and O–H groups in total. The molecule has 0 amide bonds. The molecule has 1 aliphatic rings. The molecule has 4 heteroatoms. The molecule has 1 aromatic heterocycles. The van der Waals surface area contributed by atoms with Crippen molar-refractivity contribution in [2.45, 2.75) is 51.4 Å². The van der Waals surface area contributed by atoms with Gasteiger partial charge < -0.3 is 10.1 Å². The monoisotopic (exact) mass is 235 g/mol. The Morgan fingerprint density at radius 1 is 1.41 bits per heavy atom. The van der Waals surface area contributed by atoms with Crippen molar-refractivity contribution in [3.8, 4) is 0 Å². The van der Waals surface area contributed by atoms with E-state index in [4.69, 9.17) is 4.74 Å². The van der Waals surface area contributed by atoms with Crippen LogP contribution in [0, 0.1) is 0 Å². The summed E-state index contributed by atoms with van der Waals surface area (Å²) in [5, 5.41) is 3.54. The van der Waals surface area contributed by atoms with Crippen LogP contribution in [0.2, 0.25) is 0 Å². The number of nitrogens with one attached hydrogen (secondary N) is 1. The van der Waals surface area contributed by atoms with E-state index in [2.05, 4.69) is 29.1 Å². The van der Waals surface area contributed by atoms with Gasteiger partial charge in [0.25, 0.3) is 0 Å². The van der Waals surface area contributed by atoms with Gasteiger partial charge >= 0.3 is 0 Å². The summed E-state index contributed by atoms with van der Waals surface area (Å²) >= 11 is 0. The molecule has 1 fully saturated rings. The smallest absolute Gasteiger partial charge is 0.115 e. The Balaban J connectivity index is 2.08. The van der Waals surface area contributed by atoms with Gasteiger partial charge in [-0.2, -0.15) is 0 Å². The van der Waals surface area contributed by atoms with Gasteiger partial charge in [0, 0.05) is 18.0 Å². The van der Waals surface area contributed by atoms with Crippen molar-refractivity contribution in [1.82, 2.24) is 15.3 Å². The summed E-state index contributed by atoms with van der Waals surface area (Å²) < 4.78 is 5.96. The van der Waals surface area contributed by atoms with E-state index < -0.39 is 0 Å². The molecule has 0 aliphatic carbocycles. The Kier molecular flexibility index (Phi) is 4.45. The topological polar surface area (TPSA) is 47.0 Å². The highest BCUT2D eigenvalue weighted by Gasteiger charge is 2.30. The van der Waals surface area contributed by atoms with Crippen molar-refractivity contribution in [2.24, 2.45) is 0 Å². The first-order valence-electron chi connectivity index (χ1n) is 6.45. The second-order valence-electron chi connectivity index (χ2n) is 4.67. The summed E-state index contributed by atoms with van der Waals surface area (Å²) in [6.07, 6.45) is 9.32. The van der Waals surface area contributed by atoms with Crippen LogP contribution < -0.4 is 5.32 Å². The molecule has 1 aliphatic heterocycles. The van der Waals surface area contributed by atoms with Gasteiger partial charge in [-0.25, -0.2) is 9.97 Å². The van der Waals surface area contributed by atoms with Crippen molar-refractivity contribution in [3.05, 3.63) is 24.3 Å². The Morgan fingerprint density at radius 3 is 2.76 bits per heavy atom. The Labute approximate surface area is 103 Å². The van der Waals surface area contributed by atoms with E-state index in [9.17, 15) is 0 Å². The zero-order valence-corrected chi connectivity index (χ0v) is 10.6. The number of aromatic nitrogens is 2. The second kappa shape index (κ2) is 6.07. The number of ether oxygens (including phenoxy) is 1. The fraction of sp³-hybridized carbons (Fsp3) is 0.692. The Hall–Kier alpha value is -1.00. The van der Waals surface area contributed by atoms with E-state index >= 15 is 0 Å². The molecule has 1 aromatic rings. The highest BCUT2D eigenvalue weighted by molar-refractivity contribution is 5.12. The summed E-state index contributed by atoms with van der Waals surface area (Å²) in [6, 6.07) is 0.223. The highest BCUT2D eigenvalue weighted by atomic mass is 16.5. The summed E-state index contributed by atoms with van der Waals surface area (Å²) in [4.78, 5) is 8.19. The minimum atomic E-state index is 0.223. The first-order valence-corrected chi connectivity index (χ1v) is 6.45. The molecule has 1 saturated heterocycles. The maximum Gasteiger partial charge on any atom is 0.115 e. The zero-order valence-electron chi connectivity index (χ0n) is 10.6. The van der Waals surface area contributed by atoms with E-state index in [1.807, 2.05) is 12.4 Å². The van der Waals surface area contributed by atoms with Gasteiger partial charge in [0.15, 0.2) is 0 Å². The van der Waals surface area contributed by atoms with Gasteiger partial charge in [-0.1, -0.05) is 6.92 Å². The van der Waals surface area contributed by atoms with Crippen LogP contribution in [0.5, 0.6) is 0 Å². The maximum absolute atomic E-state index is 5.96. The summed E-state index contributed by atoms with van der Waals surface area (Å²) in [5.74, 6) is 0. The predicted octanol–water partition coefficient (Wildman–Crippen LogP) is 2.08. The molecule has 0 saturated carbocycles. The predicted molar refractivity (Wildman–Crippen MR) is 66.6 cm³/mol. The minimum absolute atomic E-state index is 0.223. The van der Waals surface area contributed by atoms with Crippen molar-refractivity contribution in [2.75, 3.05) is 6.54 Å². The highest BCUT2D eigenvalue weighted by Crippen LogP contribution is 2.29. The first kappa shape index (κ1) is 12.5. The number of hydrogen-bond acceptors (Lipinski definition) is 4. The van der Waals surface area contributed by atoms with Crippen molar-refractivity contribution < 1.29 is 4.74 Å². The molecule has 3 unspecified atom stereocenters. The number of nitrogens with zero attached hydrogens (tertiary/aromatic N) is 2. The molecule has 0 aromatic carbocycles. The third kappa shape index (κ3) is 3.23. The molecule has 94 valence electrons. The lowest BCUT2D eigenvalue weighted by molar-refractivity contribution is 0.0315. The lowest BCUT2D eigenvalue weighted by atomic mass is 10.0. The normalized spacial score (nSPS) is 26.0. The third-order valence-corrected chi connectivity index (χ3v) is 3.19. The van der Waals surface area contributed by atoms with Gasteiger partial charge in [-0.05, 0) is 32.7 Å². The lowest BCUT2D eigenvalue weighted by Crippen LogP contribution is -2.32. The van der Waals surface area contributed by atoms with E-state index in [0.29, 0.717) is 6.10 Å². The SMILES string of the molecule is CCCNC(c1cncnc1)C1CCC(C)O1. The zero-order chi connectivity index (χ0) is 12.1. The minimum Gasteiger partial charge on any atom is -0.373 e. The van der Waals surface area contributed by atoms with Crippen LogP contribution in [0.3, 0.4) is 0 Å². The van der Waals surface area contributed by atoms with E-state index in [1.165, 1.54) is 0 Å². The average molecular weight is 235 g/mol. The molecule has 3 atom stereocenters. The molecule has 2 rings (SSSR count). The fourth-order valence-electron chi connectivity index (χ4n) is 2.31. The third-order valence-electron chi connectivity index (χ3n) is 3.19. The van der Waals surface area contributed by atoms with E-state index in [1.54, 1.807) is 6.33 Å². The van der Waals surface area contributed by atoms with Gasteiger partial charge in [0.1, 0.15) is 6.33 Å². The lowest BCUT2D eigenvalue weighted by Gasteiger charge is -2.24. The molecular weight excluding hydrogens is 214 g/mol. The fourth-order valence-corrected chi connectivity index (χ4v) is 2.31. The average Bonchev–Trinajstić information content (AvgIpc) is 2.78. The van der Waals surface area contributed by atoms with Gasteiger partial charge in [0.2, 0.25) is 0 Å². The Bertz CT molecular complexity index is 331. The molecular formula is C13H21N3O. The van der Waals surface area contributed by atoms with Crippen molar-refractivity contribution in [1.29, 1.82) is 0 Å². The first-order chi connectivity index (χ1) is 8.31. The summed E-state index contributed by atoms with van der Waals surface area (Å²) in [7, 11) is 0. The molecule has 0 bridgehead atoms. The van der Waals surface area contributed by atoms with Crippen LogP contribution in [0.1, 0.15) is 44.7 Å². The summed E-state index contributed by atoms with van der Waals surface area (Å²) in [6.45, 7) is 5.30. The molecule has 2 heterocycles. The van der Waals surface area contributed by atoms with E-state index in [0.717, 1.165) is 31.4 Å². The van der Waals surface area contributed by atoms with Crippen LogP contribution in [-0.4, -0.2) is 28.7 Å². The maximum atomic E-state index is 5.96. The molecule has 17 heavy (non-hydrogen) atoms. The molecule has 0 radical (unpaired) electrons. The number of hydrogen-bond donors (Lipinski definition) is 1. The molecule has 0 spiro atoms.